The van der Waals surface area contributed by atoms with Crippen LogP contribution in [0.15, 0.2) is 40.9 Å². The van der Waals surface area contributed by atoms with Crippen molar-refractivity contribution in [3.63, 3.8) is 0 Å². The first-order chi connectivity index (χ1) is 10.1. The maximum Gasteiger partial charge on any atom is 0.246 e. The first-order valence-corrected chi connectivity index (χ1v) is 6.53. The highest BCUT2D eigenvalue weighted by Crippen LogP contribution is 2.29. The van der Waals surface area contributed by atoms with Gasteiger partial charge in [-0.05, 0) is 24.4 Å². The van der Waals surface area contributed by atoms with Crippen molar-refractivity contribution in [2.75, 3.05) is 0 Å². The van der Waals surface area contributed by atoms with Gasteiger partial charge in [0.15, 0.2) is 0 Å². The Morgan fingerprint density at radius 3 is 2.62 bits per heavy atom. The third-order valence-corrected chi connectivity index (χ3v) is 3.36. The minimum atomic E-state index is -0.803. The molecule has 3 aromatic rings. The van der Waals surface area contributed by atoms with Crippen molar-refractivity contribution >= 4 is 10.8 Å². The first-order valence-electron chi connectivity index (χ1n) is 6.53. The van der Waals surface area contributed by atoms with Crippen LogP contribution in [-0.2, 0) is 0 Å². The predicted octanol–water partition coefficient (Wildman–Crippen LogP) is 2.41. The van der Waals surface area contributed by atoms with Gasteiger partial charge < -0.3 is 15.4 Å². The highest BCUT2D eigenvalue weighted by atomic mass is 19.1. The van der Waals surface area contributed by atoms with E-state index in [1.54, 1.807) is 31.2 Å². The van der Waals surface area contributed by atoms with Crippen molar-refractivity contribution in [1.29, 1.82) is 0 Å². The molecule has 0 amide bonds. The van der Waals surface area contributed by atoms with Crippen molar-refractivity contribution in [3.8, 4) is 11.4 Å². The SMILES string of the molecule is C[C@@H](O)[C@H](N)c1nc(-c2ccc(F)c3ccccc23)no1. The summed E-state index contributed by atoms with van der Waals surface area (Å²) in [6.07, 6.45) is -0.803. The van der Waals surface area contributed by atoms with Crippen LogP contribution in [0.1, 0.15) is 18.9 Å². The molecular weight excluding hydrogens is 273 g/mol. The zero-order chi connectivity index (χ0) is 15.0. The molecule has 2 atom stereocenters. The molecule has 0 spiro atoms. The summed E-state index contributed by atoms with van der Waals surface area (Å²) in [6, 6.07) is 9.27. The number of halogens is 1. The summed E-state index contributed by atoms with van der Waals surface area (Å²) in [5, 5.41) is 14.5. The molecule has 0 radical (unpaired) electrons. The normalized spacial score (nSPS) is 14.3. The van der Waals surface area contributed by atoms with Crippen molar-refractivity contribution < 1.29 is 14.0 Å². The molecule has 21 heavy (non-hydrogen) atoms. The van der Waals surface area contributed by atoms with Crippen molar-refractivity contribution in [2.45, 2.75) is 19.1 Å². The summed E-state index contributed by atoms with van der Waals surface area (Å²) in [5.74, 6) is 0.157. The smallest absolute Gasteiger partial charge is 0.246 e. The van der Waals surface area contributed by atoms with Gasteiger partial charge in [-0.2, -0.15) is 4.98 Å². The monoisotopic (exact) mass is 287 g/mol. The highest BCUT2D eigenvalue weighted by Gasteiger charge is 2.21. The van der Waals surface area contributed by atoms with Gasteiger partial charge in [0.05, 0.1) is 6.10 Å². The van der Waals surface area contributed by atoms with E-state index in [-0.39, 0.29) is 11.7 Å². The summed E-state index contributed by atoms with van der Waals surface area (Å²) >= 11 is 0. The summed E-state index contributed by atoms with van der Waals surface area (Å²) in [7, 11) is 0. The van der Waals surface area contributed by atoms with Gasteiger partial charge in [-0.3, -0.25) is 0 Å². The predicted molar refractivity (Wildman–Crippen MR) is 75.8 cm³/mol. The van der Waals surface area contributed by atoms with Crippen LogP contribution in [0.2, 0.25) is 0 Å². The molecule has 0 aliphatic rings. The lowest BCUT2D eigenvalue weighted by atomic mass is 10.0. The van der Waals surface area contributed by atoms with Crippen LogP contribution in [-0.4, -0.2) is 21.4 Å². The lowest BCUT2D eigenvalue weighted by Gasteiger charge is -2.08. The Morgan fingerprint density at radius 2 is 1.90 bits per heavy atom. The van der Waals surface area contributed by atoms with Gasteiger partial charge in [-0.15, -0.1) is 0 Å². The van der Waals surface area contributed by atoms with E-state index in [0.29, 0.717) is 22.2 Å². The van der Waals surface area contributed by atoms with Gasteiger partial charge in [0.2, 0.25) is 11.7 Å². The summed E-state index contributed by atoms with van der Waals surface area (Å²) in [5.41, 5.74) is 6.41. The molecule has 0 aliphatic carbocycles. The molecule has 3 N–H and O–H groups in total. The average molecular weight is 287 g/mol. The van der Waals surface area contributed by atoms with Crippen molar-refractivity contribution in [3.05, 3.63) is 48.1 Å². The van der Waals surface area contributed by atoms with E-state index in [9.17, 15) is 9.50 Å². The number of hydrogen-bond donors (Lipinski definition) is 2. The van der Waals surface area contributed by atoms with Gasteiger partial charge in [-0.1, -0.05) is 29.4 Å². The van der Waals surface area contributed by atoms with E-state index in [1.807, 2.05) is 6.07 Å². The molecule has 0 unspecified atom stereocenters. The molecule has 0 aliphatic heterocycles. The summed E-state index contributed by atoms with van der Waals surface area (Å²) in [4.78, 5) is 4.20. The second-order valence-electron chi connectivity index (χ2n) is 4.86. The zero-order valence-electron chi connectivity index (χ0n) is 11.3. The van der Waals surface area contributed by atoms with Gasteiger partial charge in [0.1, 0.15) is 11.9 Å². The number of fused-ring (bicyclic) bond motifs is 1. The largest absolute Gasteiger partial charge is 0.391 e. The quantitative estimate of drug-likeness (QED) is 0.772. The molecule has 3 rings (SSSR count). The third-order valence-electron chi connectivity index (χ3n) is 3.36. The average Bonchev–Trinajstić information content (AvgIpc) is 2.96. The zero-order valence-corrected chi connectivity index (χ0v) is 11.3. The van der Waals surface area contributed by atoms with Gasteiger partial charge >= 0.3 is 0 Å². The fourth-order valence-electron chi connectivity index (χ4n) is 2.14. The molecule has 5 nitrogen and oxygen atoms in total. The molecule has 1 heterocycles. The highest BCUT2D eigenvalue weighted by molar-refractivity contribution is 5.95. The second-order valence-corrected chi connectivity index (χ2v) is 4.86. The van der Waals surface area contributed by atoms with Crippen LogP contribution in [0.5, 0.6) is 0 Å². The molecule has 1 aromatic heterocycles. The number of benzene rings is 2. The number of rotatable bonds is 3. The fourth-order valence-corrected chi connectivity index (χ4v) is 2.14. The molecule has 6 heteroatoms. The van der Waals surface area contributed by atoms with Crippen LogP contribution in [0, 0.1) is 5.82 Å². The van der Waals surface area contributed by atoms with Crippen LogP contribution >= 0.6 is 0 Å². The molecule has 0 saturated heterocycles. The van der Waals surface area contributed by atoms with E-state index in [4.69, 9.17) is 10.3 Å². The molecule has 0 saturated carbocycles. The number of aliphatic hydroxyl groups excluding tert-OH is 1. The molecule has 0 bridgehead atoms. The molecule has 108 valence electrons. The molecule has 0 fully saturated rings. The lowest BCUT2D eigenvalue weighted by molar-refractivity contribution is 0.146. The van der Waals surface area contributed by atoms with Crippen LogP contribution in [0.3, 0.4) is 0 Å². The Morgan fingerprint density at radius 1 is 1.19 bits per heavy atom. The number of hydrogen-bond acceptors (Lipinski definition) is 5. The van der Waals surface area contributed by atoms with Crippen molar-refractivity contribution in [1.82, 2.24) is 10.1 Å². The standard InChI is InChI=1S/C15H14FN3O2/c1-8(20)13(17)15-18-14(19-21-15)11-6-7-12(16)10-5-3-2-4-9(10)11/h2-8,13,20H,17H2,1H3/t8-,13+/m1/s1. The van der Waals surface area contributed by atoms with Gasteiger partial charge in [-0.25, -0.2) is 4.39 Å². The third kappa shape index (κ3) is 2.39. The van der Waals surface area contributed by atoms with Crippen molar-refractivity contribution in [2.24, 2.45) is 5.73 Å². The summed E-state index contributed by atoms with van der Waals surface area (Å²) in [6.45, 7) is 1.54. The Balaban J connectivity index is 2.11. The van der Waals surface area contributed by atoms with Crippen LogP contribution in [0.4, 0.5) is 4.39 Å². The molecular formula is C15H14FN3O2. The van der Waals surface area contributed by atoms with Gasteiger partial charge in [0, 0.05) is 10.9 Å². The fraction of sp³-hybridized carbons (Fsp3) is 0.200. The van der Waals surface area contributed by atoms with Crippen LogP contribution in [0.25, 0.3) is 22.2 Å². The number of aliphatic hydroxyl groups is 1. The maximum atomic E-state index is 13.8. The van der Waals surface area contributed by atoms with E-state index in [0.717, 1.165) is 0 Å². The molecule has 2 aromatic carbocycles. The minimum absolute atomic E-state index is 0.147. The minimum Gasteiger partial charge on any atom is -0.391 e. The van der Waals surface area contributed by atoms with Gasteiger partial charge in [0.25, 0.3) is 0 Å². The first kappa shape index (κ1) is 13.7. The summed E-state index contributed by atoms with van der Waals surface area (Å²) < 4.78 is 18.9. The Bertz CT molecular complexity index is 785. The van der Waals surface area contributed by atoms with E-state index in [1.165, 1.54) is 6.07 Å². The Labute approximate surface area is 120 Å². The van der Waals surface area contributed by atoms with E-state index in [2.05, 4.69) is 10.1 Å². The Kier molecular flexibility index (Phi) is 3.40. The van der Waals surface area contributed by atoms with E-state index < -0.39 is 12.1 Å². The second kappa shape index (κ2) is 5.23. The maximum absolute atomic E-state index is 13.8. The number of nitrogens with zero attached hydrogens (tertiary/aromatic N) is 2. The number of aromatic nitrogens is 2. The number of nitrogens with two attached hydrogens (primary N) is 1. The van der Waals surface area contributed by atoms with E-state index >= 15 is 0 Å². The Hall–Kier alpha value is -2.31. The van der Waals surface area contributed by atoms with Crippen LogP contribution < -0.4 is 5.73 Å². The topological polar surface area (TPSA) is 85.2 Å². The lowest BCUT2D eigenvalue weighted by Crippen LogP contribution is -2.23.